The third-order valence-electron chi connectivity index (χ3n) is 2.46. The van der Waals surface area contributed by atoms with Crippen molar-refractivity contribution in [2.24, 2.45) is 0 Å². The molecule has 2 rings (SSSR count). The van der Waals surface area contributed by atoms with Gasteiger partial charge in [0.1, 0.15) is 5.75 Å². The van der Waals surface area contributed by atoms with Gasteiger partial charge in [-0.15, -0.1) is 0 Å². The number of rotatable bonds is 3. The van der Waals surface area contributed by atoms with Gasteiger partial charge in [-0.2, -0.15) is 0 Å². The molecule has 0 aliphatic carbocycles. The second-order valence-corrected chi connectivity index (χ2v) is 3.98. The molecule has 0 heterocycles. The normalized spacial score (nSPS) is 9.95. The van der Waals surface area contributed by atoms with E-state index < -0.39 is 10.4 Å². The SMILES string of the molecule is O=C(Cl)Oc1ccc(-c2ccc([N+](=O)[O-])cc2)cc1. The first-order chi connectivity index (χ1) is 9.06. The predicted octanol–water partition coefficient (Wildman–Crippen LogP) is 4.00. The van der Waals surface area contributed by atoms with Crippen molar-refractivity contribution < 1.29 is 14.5 Å². The molecule has 0 aromatic heterocycles. The molecule has 0 atom stereocenters. The number of halogens is 1. The van der Waals surface area contributed by atoms with Gasteiger partial charge in [0.15, 0.2) is 0 Å². The molecule has 0 aliphatic rings. The molecule has 0 spiro atoms. The Morgan fingerprint density at radius 3 is 1.89 bits per heavy atom. The fourth-order valence-corrected chi connectivity index (χ4v) is 1.67. The first kappa shape index (κ1) is 13.0. The summed E-state index contributed by atoms with van der Waals surface area (Å²) in [6, 6.07) is 12.8. The molecule has 0 N–H and O–H groups in total. The van der Waals surface area contributed by atoms with Gasteiger partial charge < -0.3 is 4.74 Å². The Balaban J connectivity index is 2.22. The van der Waals surface area contributed by atoms with Crippen molar-refractivity contribution in [3.05, 3.63) is 58.6 Å². The Morgan fingerprint density at radius 1 is 1.00 bits per heavy atom. The van der Waals surface area contributed by atoms with E-state index in [0.717, 1.165) is 11.1 Å². The van der Waals surface area contributed by atoms with Crippen LogP contribution >= 0.6 is 11.6 Å². The number of benzene rings is 2. The summed E-state index contributed by atoms with van der Waals surface area (Å²) in [5.74, 6) is 0.339. The number of ether oxygens (including phenoxy) is 1. The second kappa shape index (κ2) is 5.49. The standard InChI is InChI=1S/C13H8ClNO4/c14-13(16)19-12-7-3-10(4-8-12)9-1-5-11(6-2-9)15(17)18/h1-8H. The fraction of sp³-hybridized carbons (Fsp3) is 0. The van der Waals surface area contributed by atoms with Gasteiger partial charge in [0.2, 0.25) is 0 Å². The highest BCUT2D eigenvalue weighted by Gasteiger charge is 2.06. The van der Waals surface area contributed by atoms with Crippen LogP contribution in [-0.2, 0) is 0 Å². The number of nitrogens with zero attached hydrogens (tertiary/aromatic N) is 1. The molecule has 0 unspecified atom stereocenters. The van der Waals surface area contributed by atoms with E-state index in [-0.39, 0.29) is 5.69 Å². The van der Waals surface area contributed by atoms with Crippen molar-refractivity contribution in [1.29, 1.82) is 0 Å². The van der Waals surface area contributed by atoms with E-state index in [1.807, 2.05) is 0 Å². The Kier molecular flexibility index (Phi) is 3.77. The van der Waals surface area contributed by atoms with Gasteiger partial charge in [0, 0.05) is 23.7 Å². The molecule has 2 aromatic carbocycles. The fourth-order valence-electron chi connectivity index (χ4n) is 1.58. The Morgan fingerprint density at radius 2 is 1.47 bits per heavy atom. The summed E-state index contributed by atoms with van der Waals surface area (Å²) >= 11 is 5.09. The minimum Gasteiger partial charge on any atom is -0.415 e. The summed E-state index contributed by atoms with van der Waals surface area (Å²) in [5.41, 5.74) is 0.818. The van der Waals surface area contributed by atoms with E-state index in [2.05, 4.69) is 0 Å². The van der Waals surface area contributed by atoms with Crippen molar-refractivity contribution in [1.82, 2.24) is 0 Å². The van der Waals surface area contributed by atoms with Crippen LogP contribution in [0.15, 0.2) is 48.5 Å². The molecule has 0 fully saturated rings. The van der Waals surface area contributed by atoms with Gasteiger partial charge >= 0.3 is 5.43 Å². The maximum absolute atomic E-state index is 10.5. The topological polar surface area (TPSA) is 69.4 Å². The molecule has 0 radical (unpaired) electrons. The average molecular weight is 278 g/mol. The van der Waals surface area contributed by atoms with Crippen molar-refractivity contribution in [2.75, 3.05) is 0 Å². The van der Waals surface area contributed by atoms with Crippen molar-refractivity contribution in [3.63, 3.8) is 0 Å². The first-order valence-electron chi connectivity index (χ1n) is 5.28. The number of carbonyl (C=O) groups excluding carboxylic acids is 1. The summed E-state index contributed by atoms with van der Waals surface area (Å²) in [6.45, 7) is 0. The van der Waals surface area contributed by atoms with Crippen LogP contribution in [0.3, 0.4) is 0 Å². The zero-order chi connectivity index (χ0) is 13.8. The third kappa shape index (κ3) is 3.29. The lowest BCUT2D eigenvalue weighted by Gasteiger charge is -2.03. The molecule has 6 heteroatoms. The second-order valence-electron chi connectivity index (χ2n) is 3.67. The van der Waals surface area contributed by atoms with Crippen LogP contribution in [0.1, 0.15) is 0 Å². The lowest BCUT2D eigenvalue weighted by atomic mass is 10.1. The molecule has 0 aliphatic heterocycles. The Bertz CT molecular complexity index is 608. The van der Waals surface area contributed by atoms with Crippen LogP contribution in [0.5, 0.6) is 5.75 Å². The molecule has 0 saturated heterocycles. The quantitative estimate of drug-likeness (QED) is 0.483. The van der Waals surface area contributed by atoms with Gasteiger partial charge in [-0.05, 0) is 35.4 Å². The summed E-state index contributed by atoms with van der Waals surface area (Å²) in [7, 11) is 0. The summed E-state index contributed by atoms with van der Waals surface area (Å²) in [5, 5.41) is 10.5. The molecule has 19 heavy (non-hydrogen) atoms. The van der Waals surface area contributed by atoms with E-state index in [0.29, 0.717) is 5.75 Å². The smallest absolute Gasteiger partial charge is 0.409 e. The van der Waals surface area contributed by atoms with Gasteiger partial charge in [-0.3, -0.25) is 10.1 Å². The monoisotopic (exact) mass is 277 g/mol. The minimum absolute atomic E-state index is 0.0384. The minimum atomic E-state index is -0.900. The van der Waals surface area contributed by atoms with E-state index in [9.17, 15) is 14.9 Å². The van der Waals surface area contributed by atoms with Crippen LogP contribution in [0.2, 0.25) is 0 Å². The molecule has 0 saturated carbocycles. The van der Waals surface area contributed by atoms with Gasteiger partial charge in [0.25, 0.3) is 5.69 Å². The van der Waals surface area contributed by atoms with Crippen molar-refractivity contribution in [2.45, 2.75) is 0 Å². The zero-order valence-electron chi connectivity index (χ0n) is 9.58. The van der Waals surface area contributed by atoms with Crippen LogP contribution < -0.4 is 4.74 Å². The highest BCUT2D eigenvalue weighted by molar-refractivity contribution is 6.61. The Labute approximate surface area is 113 Å². The van der Waals surface area contributed by atoms with Crippen molar-refractivity contribution >= 4 is 22.7 Å². The van der Waals surface area contributed by atoms with Crippen LogP contribution in [0.4, 0.5) is 10.5 Å². The number of hydrogen-bond donors (Lipinski definition) is 0. The lowest BCUT2D eigenvalue weighted by Crippen LogP contribution is -1.95. The highest BCUT2D eigenvalue weighted by atomic mass is 35.5. The molecule has 96 valence electrons. The van der Waals surface area contributed by atoms with Crippen LogP contribution in [-0.4, -0.2) is 10.4 Å². The Hall–Kier alpha value is -2.40. The summed E-state index contributed by atoms with van der Waals surface area (Å²) < 4.78 is 4.69. The first-order valence-corrected chi connectivity index (χ1v) is 5.66. The van der Waals surface area contributed by atoms with Gasteiger partial charge in [-0.25, -0.2) is 4.79 Å². The number of hydrogen-bond acceptors (Lipinski definition) is 4. The largest absolute Gasteiger partial charge is 0.415 e. The molecule has 0 amide bonds. The number of carbonyl (C=O) groups is 1. The summed E-state index contributed by atoms with van der Waals surface area (Å²) in [4.78, 5) is 20.6. The average Bonchev–Trinajstić information content (AvgIpc) is 2.39. The maximum atomic E-state index is 10.5. The molecule has 0 bridgehead atoms. The predicted molar refractivity (Wildman–Crippen MR) is 70.4 cm³/mol. The molecular formula is C13H8ClNO4. The summed E-state index contributed by atoms with van der Waals surface area (Å²) in [6.07, 6.45) is 0. The van der Waals surface area contributed by atoms with Gasteiger partial charge in [-0.1, -0.05) is 12.1 Å². The highest BCUT2D eigenvalue weighted by Crippen LogP contribution is 2.24. The van der Waals surface area contributed by atoms with Crippen LogP contribution in [0.25, 0.3) is 11.1 Å². The number of non-ortho nitro benzene ring substituents is 1. The molecule has 2 aromatic rings. The lowest BCUT2D eigenvalue weighted by molar-refractivity contribution is -0.384. The van der Waals surface area contributed by atoms with E-state index in [1.54, 1.807) is 36.4 Å². The third-order valence-corrected chi connectivity index (χ3v) is 2.54. The van der Waals surface area contributed by atoms with Gasteiger partial charge in [0.05, 0.1) is 4.92 Å². The van der Waals surface area contributed by atoms with E-state index >= 15 is 0 Å². The number of nitro benzene ring substituents is 1. The van der Waals surface area contributed by atoms with E-state index in [1.165, 1.54) is 12.1 Å². The zero-order valence-corrected chi connectivity index (χ0v) is 10.3. The molecule has 5 nitrogen and oxygen atoms in total. The van der Waals surface area contributed by atoms with Crippen molar-refractivity contribution in [3.8, 4) is 16.9 Å². The van der Waals surface area contributed by atoms with Crippen LogP contribution in [0, 0.1) is 10.1 Å². The maximum Gasteiger partial charge on any atom is 0.409 e. The van der Waals surface area contributed by atoms with E-state index in [4.69, 9.17) is 16.3 Å². The molecular weight excluding hydrogens is 270 g/mol. The number of nitro groups is 1.